The fourth-order valence-electron chi connectivity index (χ4n) is 2.66. The third-order valence-electron chi connectivity index (χ3n) is 4.38. The molecule has 2 aromatic carbocycles. The van der Waals surface area contributed by atoms with Crippen molar-refractivity contribution in [1.82, 2.24) is 4.90 Å². The van der Waals surface area contributed by atoms with E-state index in [1.807, 2.05) is 0 Å². The van der Waals surface area contributed by atoms with Crippen LogP contribution in [0.2, 0.25) is 0 Å². The number of hydrogen-bond donors (Lipinski definition) is 0. The zero-order chi connectivity index (χ0) is 22.5. The van der Waals surface area contributed by atoms with Crippen LogP contribution < -0.4 is 23.3 Å². The van der Waals surface area contributed by atoms with Gasteiger partial charge in [0, 0.05) is 26.2 Å². The van der Waals surface area contributed by atoms with Crippen LogP contribution in [0.3, 0.4) is 0 Å². The molecule has 1 amide bonds. The number of benzene rings is 2. The Morgan fingerprint density at radius 2 is 1.43 bits per heavy atom. The first kappa shape index (κ1) is 23.1. The van der Waals surface area contributed by atoms with E-state index in [4.69, 9.17) is 18.9 Å². The van der Waals surface area contributed by atoms with Crippen LogP contribution in [0.4, 0.5) is 5.69 Å². The van der Waals surface area contributed by atoms with E-state index in [-0.39, 0.29) is 22.1 Å². The Labute approximate surface area is 176 Å². The molecule has 0 radical (unpaired) electrons. The summed E-state index contributed by atoms with van der Waals surface area (Å²) in [6.07, 6.45) is 0. The summed E-state index contributed by atoms with van der Waals surface area (Å²) in [4.78, 5) is 13.7. The van der Waals surface area contributed by atoms with Gasteiger partial charge in [-0.15, -0.1) is 0 Å². The topological polar surface area (TPSA) is 94.6 Å². The third-order valence-corrected chi connectivity index (χ3v) is 6.13. The highest BCUT2D eigenvalue weighted by molar-refractivity contribution is 7.92. The third kappa shape index (κ3) is 4.70. The van der Waals surface area contributed by atoms with Crippen LogP contribution in [-0.4, -0.2) is 68.3 Å². The Balaban J connectivity index is 2.70. The molecule has 30 heavy (non-hydrogen) atoms. The molecule has 0 N–H and O–H groups in total. The van der Waals surface area contributed by atoms with Gasteiger partial charge in [0.05, 0.1) is 39.0 Å². The molecule has 10 heteroatoms. The highest BCUT2D eigenvalue weighted by Crippen LogP contribution is 2.37. The van der Waals surface area contributed by atoms with Gasteiger partial charge in [-0.25, -0.2) is 8.42 Å². The normalized spacial score (nSPS) is 10.9. The average molecular weight is 439 g/mol. The number of likely N-dealkylation sites (N-methyl/N-ethyl adjacent to an activating group) is 1. The average Bonchev–Trinajstić information content (AvgIpc) is 2.75. The number of nitrogens with zero attached hydrogens (tertiary/aromatic N) is 2. The van der Waals surface area contributed by atoms with Crippen LogP contribution in [0, 0.1) is 0 Å². The number of sulfonamides is 1. The van der Waals surface area contributed by atoms with E-state index in [0.717, 1.165) is 4.31 Å². The number of carbonyl (C=O) groups excluding carboxylic acids is 1. The summed E-state index contributed by atoms with van der Waals surface area (Å²) >= 11 is 0. The number of hydrogen-bond acceptors (Lipinski definition) is 7. The lowest BCUT2D eigenvalue weighted by Gasteiger charge is -2.27. The minimum Gasteiger partial charge on any atom is -0.497 e. The molecule has 0 unspecified atom stereocenters. The molecule has 0 saturated heterocycles. The summed E-state index contributed by atoms with van der Waals surface area (Å²) < 4.78 is 49.2. The molecule has 0 saturated carbocycles. The molecule has 0 fully saturated rings. The van der Waals surface area contributed by atoms with E-state index in [1.54, 1.807) is 26.2 Å². The molecule has 2 rings (SSSR count). The molecule has 0 spiro atoms. The maximum atomic E-state index is 13.6. The molecule has 164 valence electrons. The van der Waals surface area contributed by atoms with Crippen molar-refractivity contribution in [2.24, 2.45) is 0 Å². The van der Waals surface area contributed by atoms with Gasteiger partial charge < -0.3 is 23.8 Å². The predicted molar refractivity (Wildman–Crippen MR) is 112 cm³/mol. The molecule has 0 aliphatic heterocycles. The van der Waals surface area contributed by atoms with Crippen molar-refractivity contribution in [2.45, 2.75) is 4.90 Å². The van der Waals surface area contributed by atoms with Crippen LogP contribution in [0.5, 0.6) is 23.0 Å². The molecule has 0 bridgehead atoms. The van der Waals surface area contributed by atoms with Crippen LogP contribution in [0.15, 0.2) is 41.3 Å². The van der Waals surface area contributed by atoms with E-state index in [1.165, 1.54) is 57.6 Å². The Morgan fingerprint density at radius 1 is 0.833 bits per heavy atom. The van der Waals surface area contributed by atoms with Crippen molar-refractivity contribution in [3.05, 3.63) is 36.4 Å². The number of anilines is 1. The van der Waals surface area contributed by atoms with Gasteiger partial charge in [0.15, 0.2) is 11.5 Å². The molecule has 0 aliphatic rings. The van der Waals surface area contributed by atoms with Crippen molar-refractivity contribution < 1.29 is 32.2 Å². The maximum Gasteiger partial charge on any atom is 0.265 e. The molecule has 0 aliphatic carbocycles. The standard InChI is InChI=1S/C20H26N2O7S/c1-21(2)20(23)13-22(16-11-14(26-3)7-9-17(16)27-4)30(24,25)15-8-10-18(28-5)19(12-15)29-6/h7-12H,13H2,1-6H3. The number of methoxy groups -OCH3 is 4. The summed E-state index contributed by atoms with van der Waals surface area (Å²) in [7, 11) is 4.65. The Morgan fingerprint density at radius 3 is 1.97 bits per heavy atom. The molecular weight excluding hydrogens is 412 g/mol. The molecule has 0 aromatic heterocycles. The lowest BCUT2D eigenvalue weighted by Crippen LogP contribution is -2.40. The van der Waals surface area contributed by atoms with Crippen molar-refractivity contribution in [1.29, 1.82) is 0 Å². The van der Waals surface area contributed by atoms with Crippen molar-refractivity contribution in [3.63, 3.8) is 0 Å². The summed E-state index contributed by atoms with van der Waals surface area (Å²) in [5, 5.41) is 0. The monoisotopic (exact) mass is 438 g/mol. The Kier molecular flexibility index (Phi) is 7.38. The second kappa shape index (κ2) is 9.57. The SMILES string of the molecule is COc1ccc(OC)c(N(CC(=O)N(C)C)S(=O)(=O)c2ccc(OC)c(OC)c2)c1. The molecule has 0 atom stereocenters. The van der Waals surface area contributed by atoms with E-state index in [0.29, 0.717) is 11.5 Å². The Bertz CT molecular complexity index is 1010. The molecule has 2 aromatic rings. The zero-order valence-electron chi connectivity index (χ0n) is 17.8. The van der Waals surface area contributed by atoms with Crippen molar-refractivity contribution in [2.75, 3.05) is 53.4 Å². The van der Waals surface area contributed by atoms with Gasteiger partial charge in [-0.2, -0.15) is 0 Å². The second-order valence-electron chi connectivity index (χ2n) is 6.35. The van der Waals surface area contributed by atoms with Crippen LogP contribution >= 0.6 is 0 Å². The summed E-state index contributed by atoms with van der Waals surface area (Å²) in [6.45, 7) is -0.437. The van der Waals surface area contributed by atoms with Gasteiger partial charge in [0.25, 0.3) is 10.0 Å². The summed E-state index contributed by atoms with van der Waals surface area (Å²) in [5.74, 6) is 0.896. The number of carbonyl (C=O) groups is 1. The minimum atomic E-state index is -4.18. The van der Waals surface area contributed by atoms with Gasteiger partial charge in [0.1, 0.15) is 18.0 Å². The molecular formula is C20H26N2O7S. The number of rotatable bonds is 9. The second-order valence-corrected chi connectivity index (χ2v) is 8.22. The largest absolute Gasteiger partial charge is 0.497 e. The van der Waals surface area contributed by atoms with Crippen LogP contribution in [0.25, 0.3) is 0 Å². The number of amides is 1. The van der Waals surface area contributed by atoms with Crippen LogP contribution in [0.1, 0.15) is 0 Å². The van der Waals surface area contributed by atoms with Gasteiger partial charge >= 0.3 is 0 Å². The minimum absolute atomic E-state index is 0.0726. The highest BCUT2D eigenvalue weighted by Gasteiger charge is 2.31. The van der Waals surface area contributed by atoms with Gasteiger partial charge in [-0.3, -0.25) is 9.10 Å². The fraction of sp³-hybridized carbons (Fsp3) is 0.350. The zero-order valence-corrected chi connectivity index (χ0v) is 18.6. The number of ether oxygens (including phenoxy) is 4. The van der Waals surface area contributed by atoms with E-state index in [9.17, 15) is 13.2 Å². The van der Waals surface area contributed by atoms with E-state index < -0.39 is 22.5 Å². The van der Waals surface area contributed by atoms with Gasteiger partial charge in [-0.05, 0) is 24.3 Å². The Hall–Kier alpha value is -3.14. The quantitative estimate of drug-likeness (QED) is 0.591. The smallest absolute Gasteiger partial charge is 0.265 e. The first-order chi connectivity index (χ1) is 14.2. The van der Waals surface area contributed by atoms with E-state index >= 15 is 0 Å². The maximum absolute atomic E-state index is 13.6. The van der Waals surface area contributed by atoms with Gasteiger partial charge in [0.2, 0.25) is 5.91 Å². The van der Waals surface area contributed by atoms with E-state index in [2.05, 4.69) is 0 Å². The van der Waals surface area contributed by atoms with Gasteiger partial charge in [-0.1, -0.05) is 0 Å². The lowest BCUT2D eigenvalue weighted by molar-refractivity contribution is -0.127. The fourth-order valence-corrected chi connectivity index (χ4v) is 4.09. The first-order valence-corrected chi connectivity index (χ1v) is 10.3. The summed E-state index contributed by atoms with van der Waals surface area (Å²) in [5.41, 5.74) is 0.168. The first-order valence-electron chi connectivity index (χ1n) is 8.86. The van der Waals surface area contributed by atoms with Crippen LogP contribution in [-0.2, 0) is 14.8 Å². The lowest BCUT2D eigenvalue weighted by atomic mass is 10.2. The highest BCUT2D eigenvalue weighted by atomic mass is 32.2. The molecule has 9 nitrogen and oxygen atoms in total. The van der Waals surface area contributed by atoms with Crippen molar-refractivity contribution >= 4 is 21.6 Å². The van der Waals surface area contributed by atoms with Crippen molar-refractivity contribution in [3.8, 4) is 23.0 Å². The predicted octanol–water partition coefficient (Wildman–Crippen LogP) is 2.00. The molecule has 0 heterocycles. The summed E-state index contributed by atoms with van der Waals surface area (Å²) in [6, 6.07) is 8.92.